The quantitative estimate of drug-likeness (QED) is 0.226. The smallest absolute Gasteiger partial charge is 0.271 e. The van der Waals surface area contributed by atoms with Crippen molar-refractivity contribution in [2.45, 2.75) is 12.6 Å². The largest absolute Gasteiger partial charge is 0.379 e. The van der Waals surface area contributed by atoms with E-state index in [0.717, 1.165) is 12.7 Å². The molecule has 74 valence electrons. The average molecular weight is 417 g/mol. The maximum atomic E-state index is 5.30. The molecule has 1 atom stereocenters. The van der Waals surface area contributed by atoms with Crippen LogP contribution in [-0.4, -0.2) is 25.6 Å². The fourth-order valence-electron chi connectivity index (χ4n) is 0.502. The molecule has 0 spiro atoms. The fraction of sp³-hybridized carbons (Fsp3) is 1.00. The van der Waals surface area contributed by atoms with Crippen molar-refractivity contribution in [1.29, 1.82) is 0 Å². The summed E-state index contributed by atoms with van der Waals surface area (Å²) in [5.41, 5.74) is 0. The van der Waals surface area contributed by atoms with Crippen molar-refractivity contribution in [3.05, 3.63) is 0 Å². The minimum atomic E-state index is -1.48. The molecule has 0 saturated heterocycles. The number of rotatable bonds is 7. The van der Waals surface area contributed by atoms with Crippen LogP contribution in [0.1, 0.15) is 0 Å². The first-order valence-electron chi connectivity index (χ1n) is 3.50. The normalized spacial score (nSPS) is 16.0. The molecule has 0 aliphatic carbocycles. The van der Waals surface area contributed by atoms with Gasteiger partial charge in [-0.1, -0.05) is 21.8 Å². The molecule has 0 amide bonds. The molecule has 2 N–H and O–H groups in total. The summed E-state index contributed by atoms with van der Waals surface area (Å²) >= 11 is 4.33. The van der Waals surface area contributed by atoms with Gasteiger partial charge in [0, 0.05) is 6.61 Å². The second-order valence-corrected chi connectivity index (χ2v) is 13.4. The molecule has 0 radical (unpaired) electrons. The average Bonchev–Trinajstić information content (AvgIpc) is 2.04. The standard InChI is InChI=1S/C5H13I2NO3Si/c1-12(7,11-6)5-4-9-2-3-10-8/h2-5,8H2,1H3. The Bertz CT molecular complexity index is 117. The number of nitrogens with two attached hydrogens (primary N) is 1. The van der Waals surface area contributed by atoms with E-state index in [9.17, 15) is 0 Å². The minimum Gasteiger partial charge on any atom is -0.379 e. The van der Waals surface area contributed by atoms with Gasteiger partial charge in [0.2, 0.25) is 0 Å². The highest BCUT2D eigenvalue weighted by Gasteiger charge is 2.23. The SMILES string of the molecule is C[Si](I)(CCOCCON)OI. The van der Waals surface area contributed by atoms with E-state index in [4.69, 9.17) is 13.4 Å². The highest BCUT2D eigenvalue weighted by molar-refractivity contribution is 14.1. The van der Waals surface area contributed by atoms with E-state index in [1.807, 2.05) is 23.0 Å². The Morgan fingerprint density at radius 3 is 2.50 bits per heavy atom. The van der Waals surface area contributed by atoms with E-state index in [1.165, 1.54) is 0 Å². The molecule has 0 aromatic rings. The first-order valence-corrected chi connectivity index (χ1v) is 10.1. The molecule has 0 fully saturated rings. The van der Waals surface area contributed by atoms with E-state index in [-0.39, 0.29) is 0 Å². The maximum Gasteiger partial charge on any atom is 0.271 e. The van der Waals surface area contributed by atoms with Crippen LogP contribution in [0.3, 0.4) is 0 Å². The molecule has 0 aromatic carbocycles. The molecular formula is C5H13I2NO3Si. The molecule has 4 nitrogen and oxygen atoms in total. The Labute approximate surface area is 100 Å². The Hall–Kier alpha value is 1.52. The zero-order valence-electron chi connectivity index (χ0n) is 6.89. The van der Waals surface area contributed by atoms with Crippen LogP contribution < -0.4 is 5.90 Å². The summed E-state index contributed by atoms with van der Waals surface area (Å²) in [7, 11) is 0. The van der Waals surface area contributed by atoms with Crippen molar-refractivity contribution in [3.8, 4) is 0 Å². The van der Waals surface area contributed by atoms with Gasteiger partial charge in [-0.05, 0) is 12.6 Å². The van der Waals surface area contributed by atoms with Gasteiger partial charge in [0.15, 0.2) is 0 Å². The van der Waals surface area contributed by atoms with Crippen molar-refractivity contribution in [3.63, 3.8) is 0 Å². The van der Waals surface area contributed by atoms with Crippen LogP contribution in [0.25, 0.3) is 0 Å². The van der Waals surface area contributed by atoms with Gasteiger partial charge < -0.3 is 12.3 Å². The molecule has 0 saturated carbocycles. The molecular weight excluding hydrogens is 404 g/mol. The lowest BCUT2D eigenvalue weighted by atomic mass is 10.7. The van der Waals surface area contributed by atoms with Crippen LogP contribution in [0.2, 0.25) is 12.6 Å². The summed E-state index contributed by atoms with van der Waals surface area (Å²) in [5, 5.41) is 0. The summed E-state index contributed by atoms with van der Waals surface area (Å²) in [6, 6.07) is 0.987. The Balaban J connectivity index is 3.19. The minimum absolute atomic E-state index is 0.449. The molecule has 12 heavy (non-hydrogen) atoms. The van der Waals surface area contributed by atoms with Crippen molar-refractivity contribution in [2.24, 2.45) is 5.90 Å². The Kier molecular flexibility index (Phi) is 8.87. The predicted molar refractivity (Wildman–Crippen MR) is 66.5 cm³/mol. The molecule has 0 aliphatic rings. The highest BCUT2D eigenvalue weighted by Crippen LogP contribution is 2.22. The van der Waals surface area contributed by atoms with Crippen molar-refractivity contribution >= 4 is 50.6 Å². The second-order valence-electron chi connectivity index (χ2n) is 2.41. The summed E-state index contributed by atoms with van der Waals surface area (Å²) in [6.45, 7) is 3.87. The van der Waals surface area contributed by atoms with Gasteiger partial charge in [0.1, 0.15) is 0 Å². The van der Waals surface area contributed by atoms with Crippen LogP contribution in [-0.2, 0) is 12.3 Å². The molecule has 0 rings (SSSR count). The van der Waals surface area contributed by atoms with Gasteiger partial charge in [-0.2, -0.15) is 0 Å². The first-order chi connectivity index (χ1) is 5.62. The van der Waals surface area contributed by atoms with E-state index < -0.39 is 5.81 Å². The lowest BCUT2D eigenvalue weighted by Gasteiger charge is -2.15. The maximum absolute atomic E-state index is 5.30. The van der Waals surface area contributed by atoms with Gasteiger partial charge in [-0.25, -0.2) is 5.90 Å². The fourth-order valence-corrected chi connectivity index (χ4v) is 2.41. The van der Waals surface area contributed by atoms with E-state index >= 15 is 0 Å². The zero-order valence-corrected chi connectivity index (χ0v) is 12.2. The third-order valence-electron chi connectivity index (χ3n) is 1.20. The van der Waals surface area contributed by atoms with Crippen LogP contribution in [0.15, 0.2) is 0 Å². The molecule has 0 bridgehead atoms. The van der Waals surface area contributed by atoms with Crippen molar-refractivity contribution < 1.29 is 12.3 Å². The molecule has 0 heterocycles. The van der Waals surface area contributed by atoms with Crippen LogP contribution in [0.4, 0.5) is 0 Å². The third-order valence-corrected chi connectivity index (χ3v) is 10.3. The summed E-state index contributed by atoms with van der Waals surface area (Å²) in [6.07, 6.45) is 0. The molecule has 0 aliphatic heterocycles. The van der Waals surface area contributed by atoms with Gasteiger partial charge >= 0.3 is 0 Å². The van der Waals surface area contributed by atoms with E-state index in [2.05, 4.69) is 33.2 Å². The van der Waals surface area contributed by atoms with Crippen LogP contribution in [0.5, 0.6) is 0 Å². The lowest BCUT2D eigenvalue weighted by molar-refractivity contribution is 0.0525. The second kappa shape index (κ2) is 7.88. The number of ether oxygens (including phenoxy) is 1. The van der Waals surface area contributed by atoms with Gasteiger partial charge in [0.05, 0.1) is 36.2 Å². The Morgan fingerprint density at radius 2 is 2.00 bits per heavy atom. The molecule has 1 unspecified atom stereocenters. The lowest BCUT2D eigenvalue weighted by Crippen LogP contribution is -2.24. The first kappa shape index (κ1) is 13.5. The van der Waals surface area contributed by atoms with Gasteiger partial charge in [-0.15, -0.1) is 0 Å². The zero-order chi connectivity index (χ0) is 9.45. The number of hydrogen-bond acceptors (Lipinski definition) is 4. The monoisotopic (exact) mass is 417 g/mol. The van der Waals surface area contributed by atoms with E-state index in [0.29, 0.717) is 13.2 Å². The highest BCUT2D eigenvalue weighted by atomic mass is 127. The summed E-state index contributed by atoms with van der Waals surface area (Å²) in [5.74, 6) is 3.35. The number of hydrogen-bond donors (Lipinski definition) is 1. The topological polar surface area (TPSA) is 53.7 Å². The third kappa shape index (κ3) is 8.13. The molecule has 0 aromatic heterocycles. The predicted octanol–water partition coefficient (Wildman–Crippen LogP) is 1.77. The van der Waals surface area contributed by atoms with Crippen molar-refractivity contribution in [1.82, 2.24) is 0 Å². The number of halogens is 2. The van der Waals surface area contributed by atoms with Gasteiger partial charge in [0.25, 0.3) is 5.81 Å². The van der Waals surface area contributed by atoms with Gasteiger partial charge in [-0.3, -0.25) is 0 Å². The van der Waals surface area contributed by atoms with Crippen LogP contribution >= 0.6 is 44.8 Å². The van der Waals surface area contributed by atoms with Crippen molar-refractivity contribution in [2.75, 3.05) is 19.8 Å². The Morgan fingerprint density at radius 1 is 1.33 bits per heavy atom. The van der Waals surface area contributed by atoms with Crippen LogP contribution in [0, 0.1) is 0 Å². The molecule has 7 heteroatoms. The summed E-state index contributed by atoms with van der Waals surface area (Å²) in [4.78, 5) is 4.35. The summed E-state index contributed by atoms with van der Waals surface area (Å²) < 4.78 is 10.6. The van der Waals surface area contributed by atoms with E-state index in [1.54, 1.807) is 0 Å².